The van der Waals surface area contributed by atoms with Gasteiger partial charge >= 0.3 is 0 Å². The van der Waals surface area contributed by atoms with Gasteiger partial charge in [0.2, 0.25) is 0 Å². The van der Waals surface area contributed by atoms with Crippen molar-refractivity contribution in [2.24, 2.45) is 5.92 Å². The van der Waals surface area contributed by atoms with Gasteiger partial charge in [0, 0.05) is 13.1 Å². The number of anilines is 1. The van der Waals surface area contributed by atoms with Gasteiger partial charge in [0.05, 0.1) is 16.3 Å². The van der Waals surface area contributed by atoms with Gasteiger partial charge in [-0.15, -0.1) is 0 Å². The van der Waals surface area contributed by atoms with Crippen molar-refractivity contribution in [1.29, 1.82) is 0 Å². The molecule has 29 heavy (non-hydrogen) atoms. The second kappa shape index (κ2) is 7.68. The number of rotatable bonds is 3. The molecule has 0 N–H and O–H groups in total. The standard InChI is InChI=1S/C24H25ClN2O2/c1-15-10-12-26(13-11-15)22-21(18-9-8-16(2)17(3)14-18)23(28)27(24(22)29)20-7-5-4-6-19(20)25/h4-9,14-15H,10-13H2,1-3H3. The minimum atomic E-state index is -0.306. The maximum absolute atomic E-state index is 13.5. The van der Waals surface area contributed by atoms with Gasteiger partial charge < -0.3 is 4.90 Å². The molecule has 0 bridgehead atoms. The number of hydrogen-bond donors (Lipinski definition) is 0. The Morgan fingerprint density at radius 3 is 2.28 bits per heavy atom. The Bertz CT molecular complexity index is 1020. The van der Waals surface area contributed by atoms with Crippen molar-refractivity contribution in [3.63, 3.8) is 0 Å². The molecule has 2 amide bonds. The first-order valence-corrected chi connectivity index (χ1v) is 10.5. The Hall–Kier alpha value is -2.59. The van der Waals surface area contributed by atoms with E-state index in [4.69, 9.17) is 11.6 Å². The third kappa shape index (κ3) is 3.46. The van der Waals surface area contributed by atoms with Crippen LogP contribution in [0.5, 0.6) is 0 Å². The third-order valence-corrected chi connectivity index (χ3v) is 6.37. The summed E-state index contributed by atoms with van der Waals surface area (Å²) in [7, 11) is 0. The predicted molar refractivity (Wildman–Crippen MR) is 117 cm³/mol. The molecule has 0 aromatic heterocycles. The summed E-state index contributed by atoms with van der Waals surface area (Å²) in [6.45, 7) is 7.85. The van der Waals surface area contributed by atoms with Crippen molar-refractivity contribution in [1.82, 2.24) is 4.90 Å². The van der Waals surface area contributed by atoms with Crippen molar-refractivity contribution in [3.05, 3.63) is 69.9 Å². The lowest BCUT2D eigenvalue weighted by Gasteiger charge is -2.32. The highest BCUT2D eigenvalue weighted by Gasteiger charge is 2.43. The van der Waals surface area contributed by atoms with Crippen LogP contribution in [0.1, 0.15) is 36.5 Å². The Labute approximate surface area is 176 Å². The number of carbonyl (C=O) groups is 2. The van der Waals surface area contributed by atoms with Gasteiger partial charge in [0.25, 0.3) is 11.8 Å². The largest absolute Gasteiger partial charge is 0.366 e. The summed E-state index contributed by atoms with van der Waals surface area (Å²) in [4.78, 5) is 30.4. The van der Waals surface area contributed by atoms with Gasteiger partial charge in [-0.2, -0.15) is 0 Å². The molecule has 2 aliphatic heterocycles. The number of para-hydroxylation sites is 1. The topological polar surface area (TPSA) is 40.6 Å². The number of aryl methyl sites for hydroxylation is 2. The van der Waals surface area contributed by atoms with Gasteiger partial charge in [0.15, 0.2) is 0 Å². The fraction of sp³-hybridized carbons (Fsp3) is 0.333. The minimum Gasteiger partial charge on any atom is -0.366 e. The van der Waals surface area contributed by atoms with E-state index in [1.807, 2.05) is 32.0 Å². The number of likely N-dealkylation sites (tertiary alicyclic amines) is 1. The number of amides is 2. The zero-order valence-corrected chi connectivity index (χ0v) is 17.8. The maximum atomic E-state index is 13.5. The number of hydrogen-bond acceptors (Lipinski definition) is 3. The number of nitrogens with zero attached hydrogens (tertiary/aromatic N) is 2. The molecule has 0 radical (unpaired) electrons. The molecule has 0 spiro atoms. The summed E-state index contributed by atoms with van der Waals surface area (Å²) in [6, 6.07) is 12.9. The van der Waals surface area contributed by atoms with Gasteiger partial charge in [0.1, 0.15) is 5.70 Å². The summed E-state index contributed by atoms with van der Waals surface area (Å²) in [6.07, 6.45) is 2.02. The van der Waals surface area contributed by atoms with Crippen LogP contribution in [-0.4, -0.2) is 29.8 Å². The molecule has 2 aromatic rings. The summed E-state index contributed by atoms with van der Waals surface area (Å²) < 4.78 is 0. The van der Waals surface area contributed by atoms with E-state index < -0.39 is 0 Å². The highest BCUT2D eigenvalue weighted by atomic mass is 35.5. The van der Waals surface area contributed by atoms with E-state index in [9.17, 15) is 9.59 Å². The molecule has 0 atom stereocenters. The van der Waals surface area contributed by atoms with Crippen molar-refractivity contribution >= 4 is 34.7 Å². The van der Waals surface area contributed by atoms with Crippen LogP contribution in [-0.2, 0) is 9.59 Å². The fourth-order valence-electron chi connectivity index (χ4n) is 4.05. The first kappa shape index (κ1) is 19.7. The van der Waals surface area contributed by atoms with Crippen molar-refractivity contribution in [2.75, 3.05) is 18.0 Å². The highest BCUT2D eigenvalue weighted by Crippen LogP contribution is 2.38. The zero-order chi connectivity index (χ0) is 20.7. The molecule has 2 aromatic carbocycles. The van der Waals surface area contributed by atoms with Gasteiger partial charge in [-0.1, -0.05) is 48.9 Å². The van der Waals surface area contributed by atoms with Gasteiger partial charge in [-0.05, 0) is 61.4 Å². The smallest absolute Gasteiger partial charge is 0.282 e. The normalized spacial score (nSPS) is 18.2. The summed E-state index contributed by atoms with van der Waals surface area (Å²) in [5.74, 6) is 0.0367. The SMILES string of the molecule is Cc1ccc(C2=C(N3CCC(C)CC3)C(=O)N(c3ccccc3Cl)C2=O)cc1C. The Balaban J connectivity index is 1.85. The summed E-state index contributed by atoms with van der Waals surface area (Å²) in [5.41, 5.74) is 4.46. The molecular weight excluding hydrogens is 384 g/mol. The molecule has 0 unspecified atom stereocenters. The first-order valence-electron chi connectivity index (χ1n) is 10.1. The van der Waals surface area contributed by atoms with Crippen molar-refractivity contribution < 1.29 is 9.59 Å². The van der Waals surface area contributed by atoms with Gasteiger partial charge in [-0.3, -0.25) is 9.59 Å². The quantitative estimate of drug-likeness (QED) is 0.673. The lowest BCUT2D eigenvalue weighted by Crippen LogP contribution is -2.38. The van der Waals surface area contributed by atoms with E-state index in [1.165, 1.54) is 4.90 Å². The van der Waals surface area contributed by atoms with E-state index in [0.29, 0.717) is 27.9 Å². The van der Waals surface area contributed by atoms with Crippen molar-refractivity contribution in [3.8, 4) is 0 Å². The second-order valence-corrected chi connectivity index (χ2v) is 8.50. The number of piperidine rings is 1. The van der Waals surface area contributed by atoms with Crippen LogP contribution in [0.15, 0.2) is 48.2 Å². The maximum Gasteiger partial charge on any atom is 0.282 e. The van der Waals surface area contributed by atoms with Crippen molar-refractivity contribution in [2.45, 2.75) is 33.6 Å². The Morgan fingerprint density at radius 2 is 1.62 bits per heavy atom. The third-order valence-electron chi connectivity index (χ3n) is 6.05. The van der Waals surface area contributed by atoms with Crippen LogP contribution < -0.4 is 4.90 Å². The molecule has 0 saturated carbocycles. The monoisotopic (exact) mass is 408 g/mol. The number of imide groups is 1. The Morgan fingerprint density at radius 1 is 0.931 bits per heavy atom. The van der Waals surface area contributed by atoms with Gasteiger partial charge in [-0.25, -0.2) is 4.90 Å². The first-order chi connectivity index (χ1) is 13.9. The lowest BCUT2D eigenvalue weighted by atomic mass is 9.96. The van der Waals surface area contributed by atoms with Crippen LogP contribution in [0.2, 0.25) is 5.02 Å². The molecule has 2 aliphatic rings. The molecule has 2 heterocycles. The highest BCUT2D eigenvalue weighted by molar-refractivity contribution is 6.47. The number of carbonyl (C=O) groups excluding carboxylic acids is 2. The molecule has 5 heteroatoms. The second-order valence-electron chi connectivity index (χ2n) is 8.09. The molecule has 150 valence electrons. The molecule has 1 saturated heterocycles. The van der Waals surface area contributed by atoms with Crippen LogP contribution in [0, 0.1) is 19.8 Å². The van der Waals surface area contributed by atoms with Crippen LogP contribution in [0.3, 0.4) is 0 Å². The van der Waals surface area contributed by atoms with E-state index in [2.05, 4.69) is 11.8 Å². The lowest BCUT2D eigenvalue weighted by molar-refractivity contribution is -0.120. The fourth-order valence-corrected chi connectivity index (χ4v) is 4.27. The van der Waals surface area contributed by atoms with E-state index in [0.717, 1.165) is 42.6 Å². The minimum absolute atomic E-state index is 0.286. The van der Waals surface area contributed by atoms with E-state index in [1.54, 1.807) is 24.3 Å². The zero-order valence-electron chi connectivity index (χ0n) is 17.0. The number of halogens is 1. The van der Waals surface area contributed by atoms with E-state index >= 15 is 0 Å². The average Bonchev–Trinajstić information content (AvgIpc) is 2.96. The summed E-state index contributed by atoms with van der Waals surface area (Å²) in [5, 5.41) is 0.391. The molecule has 1 fully saturated rings. The predicted octanol–water partition coefficient (Wildman–Crippen LogP) is 4.97. The molecule has 4 nitrogen and oxygen atoms in total. The molecule has 0 aliphatic carbocycles. The average molecular weight is 409 g/mol. The Kier molecular flexibility index (Phi) is 5.22. The number of benzene rings is 2. The van der Waals surface area contributed by atoms with Crippen LogP contribution in [0.25, 0.3) is 5.57 Å². The van der Waals surface area contributed by atoms with Crippen LogP contribution in [0.4, 0.5) is 5.69 Å². The summed E-state index contributed by atoms with van der Waals surface area (Å²) >= 11 is 6.35. The van der Waals surface area contributed by atoms with E-state index in [-0.39, 0.29) is 11.8 Å². The molecule has 4 rings (SSSR count). The van der Waals surface area contributed by atoms with Crippen LogP contribution >= 0.6 is 11.6 Å². The molecular formula is C24H25ClN2O2.